The van der Waals surface area contributed by atoms with Crippen LogP contribution in [0.3, 0.4) is 0 Å². The first-order valence-electron chi connectivity index (χ1n) is 15.3. The first-order valence-corrected chi connectivity index (χ1v) is 17.2. The second kappa shape index (κ2) is 12.6. The molecule has 2 heterocycles. The molecule has 1 amide bonds. The summed E-state index contributed by atoms with van der Waals surface area (Å²) in [6.07, 6.45) is 8.26. The molecule has 2 aromatic rings. The average Bonchev–Trinajstić information content (AvgIpc) is 3.06. The summed E-state index contributed by atoms with van der Waals surface area (Å²) in [5.74, 6) is 0.421. The molecule has 0 aromatic heterocycles. The Labute approximate surface area is 255 Å². The lowest BCUT2D eigenvalue weighted by molar-refractivity contribution is 0.0458. The van der Waals surface area contributed by atoms with E-state index in [9.17, 15) is 18.3 Å². The van der Waals surface area contributed by atoms with Crippen LogP contribution in [0.15, 0.2) is 48.6 Å². The summed E-state index contributed by atoms with van der Waals surface area (Å²) in [4.78, 5) is 15.6. The van der Waals surface area contributed by atoms with Gasteiger partial charge in [0.2, 0.25) is 10.0 Å². The lowest BCUT2D eigenvalue weighted by atomic mass is 9.70. The number of halogens is 1. The van der Waals surface area contributed by atoms with Crippen LogP contribution in [-0.2, 0) is 21.9 Å². The summed E-state index contributed by atoms with van der Waals surface area (Å²) in [6, 6.07) is 11.3. The number of fused-ring (bicyclic) bond motifs is 2. The predicted molar refractivity (Wildman–Crippen MR) is 168 cm³/mol. The Hall–Kier alpha value is -2.55. The number of ether oxygens (including phenoxy) is 1. The van der Waals surface area contributed by atoms with Crippen molar-refractivity contribution in [2.24, 2.45) is 11.8 Å². The van der Waals surface area contributed by atoms with E-state index in [2.05, 4.69) is 35.6 Å². The van der Waals surface area contributed by atoms with Gasteiger partial charge in [-0.15, -0.1) is 0 Å². The largest absolute Gasteiger partial charge is 0.490 e. The molecular formula is C33H43ClN2O5S. The molecule has 2 bridgehead atoms. The van der Waals surface area contributed by atoms with Gasteiger partial charge in [0.05, 0.1) is 23.6 Å². The number of anilines is 1. The van der Waals surface area contributed by atoms with Crippen molar-refractivity contribution in [3.05, 3.63) is 70.3 Å². The number of carbonyl (C=O) groups is 1. The first-order chi connectivity index (χ1) is 20.0. The minimum atomic E-state index is -3.88. The number of aliphatic hydroxyl groups is 1. The Morgan fingerprint density at radius 3 is 2.67 bits per heavy atom. The summed E-state index contributed by atoms with van der Waals surface area (Å²) in [5, 5.41) is 11.1. The van der Waals surface area contributed by atoms with E-state index in [1.807, 2.05) is 25.1 Å². The molecule has 5 atom stereocenters. The molecule has 2 N–H and O–H groups in total. The highest BCUT2D eigenvalue weighted by molar-refractivity contribution is 7.90. The van der Waals surface area contributed by atoms with E-state index in [0.29, 0.717) is 49.7 Å². The van der Waals surface area contributed by atoms with Crippen molar-refractivity contribution in [3.8, 4) is 5.75 Å². The van der Waals surface area contributed by atoms with Gasteiger partial charge < -0.3 is 14.7 Å². The zero-order chi connectivity index (χ0) is 30.1. The minimum Gasteiger partial charge on any atom is -0.490 e. The van der Waals surface area contributed by atoms with E-state index >= 15 is 0 Å². The fourth-order valence-electron chi connectivity index (χ4n) is 6.83. The molecule has 7 nitrogen and oxygen atoms in total. The van der Waals surface area contributed by atoms with Crippen LogP contribution in [0.1, 0.15) is 80.8 Å². The van der Waals surface area contributed by atoms with Gasteiger partial charge in [0, 0.05) is 29.1 Å². The highest BCUT2D eigenvalue weighted by atomic mass is 35.5. The molecule has 2 aromatic carbocycles. The van der Waals surface area contributed by atoms with E-state index in [1.54, 1.807) is 18.2 Å². The fourth-order valence-corrected chi connectivity index (χ4v) is 8.46. The van der Waals surface area contributed by atoms with Gasteiger partial charge in [-0.1, -0.05) is 57.0 Å². The summed E-state index contributed by atoms with van der Waals surface area (Å²) < 4.78 is 35.1. The second-order valence-electron chi connectivity index (χ2n) is 12.5. The summed E-state index contributed by atoms with van der Waals surface area (Å²) in [5.41, 5.74) is 3.06. The molecule has 1 fully saturated rings. The molecule has 1 aliphatic carbocycles. The summed E-state index contributed by atoms with van der Waals surface area (Å²) in [6.45, 7) is 7.94. The van der Waals surface area contributed by atoms with Gasteiger partial charge in [0.15, 0.2) is 0 Å². The molecule has 9 heteroatoms. The van der Waals surface area contributed by atoms with Crippen molar-refractivity contribution in [3.63, 3.8) is 0 Å². The maximum Gasteiger partial charge on any atom is 0.264 e. The van der Waals surface area contributed by atoms with Gasteiger partial charge in [-0.25, -0.2) is 13.1 Å². The van der Waals surface area contributed by atoms with Gasteiger partial charge >= 0.3 is 0 Å². The number of carbonyl (C=O) groups excluding carboxylic acids is 1. The van der Waals surface area contributed by atoms with Gasteiger partial charge in [-0.05, 0) is 91.8 Å². The molecule has 0 spiro atoms. The van der Waals surface area contributed by atoms with E-state index < -0.39 is 27.3 Å². The van der Waals surface area contributed by atoms with Crippen molar-refractivity contribution in [1.29, 1.82) is 0 Å². The van der Waals surface area contributed by atoms with Crippen LogP contribution in [0.2, 0.25) is 5.02 Å². The smallest absolute Gasteiger partial charge is 0.264 e. The molecule has 1 saturated carbocycles. The second-order valence-corrected chi connectivity index (χ2v) is 14.9. The van der Waals surface area contributed by atoms with Crippen LogP contribution < -0.4 is 14.4 Å². The number of aryl methyl sites for hydroxylation is 1. The van der Waals surface area contributed by atoms with Crippen molar-refractivity contribution in [2.75, 3.05) is 24.6 Å². The Morgan fingerprint density at radius 1 is 1.14 bits per heavy atom. The third kappa shape index (κ3) is 6.36. The van der Waals surface area contributed by atoms with Gasteiger partial charge in [0.1, 0.15) is 5.75 Å². The molecule has 3 aliphatic rings. The number of amides is 1. The van der Waals surface area contributed by atoms with Crippen molar-refractivity contribution < 1.29 is 23.1 Å². The maximum atomic E-state index is 13.3. The number of rotatable bonds is 4. The number of nitrogens with one attached hydrogen (secondary N) is 1. The molecule has 5 rings (SSSR count). The van der Waals surface area contributed by atoms with Crippen LogP contribution >= 0.6 is 11.6 Å². The SMILES string of the molecule is CCCc1cc(Cl)ccc1[C@]1(C)COc2ccc3cc2N(C[C@@H]2CC[C@H]2[C@@H](O)/C=C/CC[C@@H](CC)S(=O)(=O)NC3=O)C1. The van der Waals surface area contributed by atoms with Crippen molar-refractivity contribution >= 4 is 33.2 Å². The highest BCUT2D eigenvalue weighted by Gasteiger charge is 2.41. The summed E-state index contributed by atoms with van der Waals surface area (Å²) in [7, 11) is -3.88. The van der Waals surface area contributed by atoms with E-state index in [4.69, 9.17) is 16.3 Å². The first kappa shape index (κ1) is 30.9. The predicted octanol–water partition coefficient (Wildman–Crippen LogP) is 6.02. The molecule has 228 valence electrons. The Morgan fingerprint density at radius 2 is 1.95 bits per heavy atom. The van der Waals surface area contributed by atoms with Crippen LogP contribution in [0.25, 0.3) is 0 Å². The number of hydrogen-bond acceptors (Lipinski definition) is 6. The standard InChI is InChI=1S/C33H43ClN2O5S/c1-4-8-22-17-25(34)13-15-28(22)33(3)20-36-19-24-11-14-27(24)30(37)10-7-6-9-26(5-2)42(39,40)35-32(38)23-12-16-31(41-21-33)29(36)18-23/h7,10,12-13,15-18,24,26-27,30,37H,4-6,8-9,11,14,19-21H2,1-3H3,(H,35,38)/b10-7+/t24-,26+,27+,30-,33-/m0/s1. The number of sulfonamides is 1. The lowest BCUT2D eigenvalue weighted by Gasteiger charge is -2.44. The third-order valence-corrected chi connectivity index (χ3v) is 11.5. The number of benzene rings is 2. The third-order valence-electron chi connectivity index (χ3n) is 9.37. The average molecular weight is 615 g/mol. The fraction of sp³-hybridized carbons (Fsp3) is 0.545. The van der Waals surface area contributed by atoms with Gasteiger partial charge in [0.25, 0.3) is 5.91 Å². The number of hydrogen-bond donors (Lipinski definition) is 2. The minimum absolute atomic E-state index is 0.122. The van der Waals surface area contributed by atoms with Crippen molar-refractivity contribution in [2.45, 2.75) is 82.5 Å². The molecular weight excluding hydrogens is 572 g/mol. The molecule has 0 radical (unpaired) electrons. The van der Waals surface area contributed by atoms with Crippen LogP contribution in [0, 0.1) is 11.8 Å². The Bertz CT molecular complexity index is 1440. The van der Waals surface area contributed by atoms with Crippen LogP contribution in [-0.4, -0.2) is 50.5 Å². The molecule has 0 unspecified atom stereocenters. The van der Waals surface area contributed by atoms with Crippen molar-refractivity contribution in [1.82, 2.24) is 4.72 Å². The van der Waals surface area contributed by atoms with Crippen LogP contribution in [0.4, 0.5) is 5.69 Å². The molecule has 2 aliphatic heterocycles. The highest BCUT2D eigenvalue weighted by Crippen LogP contribution is 2.44. The van der Waals surface area contributed by atoms with E-state index in [-0.39, 0.29) is 22.8 Å². The van der Waals surface area contributed by atoms with E-state index in [0.717, 1.165) is 31.4 Å². The monoisotopic (exact) mass is 614 g/mol. The number of aliphatic hydroxyl groups excluding tert-OH is 1. The van der Waals surface area contributed by atoms with Gasteiger partial charge in [-0.2, -0.15) is 0 Å². The topological polar surface area (TPSA) is 95.9 Å². The molecule has 0 saturated heterocycles. The Kier molecular flexibility index (Phi) is 9.26. The Balaban J connectivity index is 1.57. The number of nitrogens with zero attached hydrogens (tertiary/aromatic N) is 1. The number of allylic oxidation sites excluding steroid dienone is 1. The quantitative estimate of drug-likeness (QED) is 0.409. The van der Waals surface area contributed by atoms with Crippen LogP contribution in [0.5, 0.6) is 5.75 Å². The lowest BCUT2D eigenvalue weighted by Crippen LogP contribution is -2.47. The zero-order valence-electron chi connectivity index (χ0n) is 24.8. The summed E-state index contributed by atoms with van der Waals surface area (Å²) >= 11 is 6.41. The molecule has 42 heavy (non-hydrogen) atoms. The van der Waals surface area contributed by atoms with E-state index in [1.165, 1.54) is 11.1 Å². The van der Waals surface area contributed by atoms with Gasteiger partial charge in [-0.3, -0.25) is 4.79 Å². The maximum absolute atomic E-state index is 13.3. The normalized spacial score (nSPS) is 30.2. The zero-order valence-corrected chi connectivity index (χ0v) is 26.4.